The first-order valence-corrected chi connectivity index (χ1v) is 5.03. The van der Waals surface area contributed by atoms with Gasteiger partial charge >= 0.3 is 0 Å². The summed E-state index contributed by atoms with van der Waals surface area (Å²) in [5, 5.41) is 1.89. The van der Waals surface area contributed by atoms with E-state index in [1.54, 1.807) is 0 Å². The van der Waals surface area contributed by atoms with E-state index >= 15 is 0 Å². The number of halogens is 2. The number of thiophene rings is 1. The molecule has 1 atom stereocenters. The van der Waals surface area contributed by atoms with Crippen LogP contribution in [0.2, 0.25) is 0 Å². The van der Waals surface area contributed by atoms with Crippen LogP contribution in [0, 0.1) is 6.92 Å². The summed E-state index contributed by atoms with van der Waals surface area (Å²) >= 11 is 1.39. The summed E-state index contributed by atoms with van der Waals surface area (Å²) in [6.45, 7) is 1.95. The lowest BCUT2D eigenvalue weighted by Crippen LogP contribution is -2.25. The van der Waals surface area contributed by atoms with E-state index in [0.29, 0.717) is 0 Å². The predicted octanol–water partition coefficient (Wildman–Crippen LogP) is 2.29. The molecule has 1 saturated carbocycles. The van der Waals surface area contributed by atoms with Crippen LogP contribution in [-0.2, 0) is 5.41 Å². The van der Waals surface area contributed by atoms with Gasteiger partial charge in [0.1, 0.15) is 0 Å². The highest BCUT2D eigenvalue weighted by molar-refractivity contribution is 7.10. The van der Waals surface area contributed by atoms with Crippen LogP contribution in [0.25, 0.3) is 0 Å². The molecular formula is C9H11F2NS. The molecule has 1 aromatic heterocycles. The first kappa shape index (κ1) is 9.09. The molecule has 0 radical (unpaired) electrons. The molecule has 2 N–H and O–H groups in total. The Morgan fingerprint density at radius 1 is 1.62 bits per heavy atom. The van der Waals surface area contributed by atoms with Crippen LogP contribution in [0.1, 0.15) is 16.9 Å². The van der Waals surface area contributed by atoms with E-state index in [1.165, 1.54) is 11.3 Å². The normalized spacial score (nSPS) is 30.5. The Balaban J connectivity index is 2.35. The van der Waals surface area contributed by atoms with Gasteiger partial charge in [-0.25, -0.2) is 8.78 Å². The van der Waals surface area contributed by atoms with Crippen molar-refractivity contribution in [1.82, 2.24) is 0 Å². The Bertz CT molecular complexity index is 334. The van der Waals surface area contributed by atoms with Crippen LogP contribution >= 0.6 is 11.3 Å². The van der Waals surface area contributed by atoms with Crippen molar-refractivity contribution in [2.75, 3.05) is 6.54 Å². The number of alkyl halides is 2. The van der Waals surface area contributed by atoms with E-state index in [4.69, 9.17) is 5.73 Å². The zero-order valence-electron chi connectivity index (χ0n) is 7.31. The highest BCUT2D eigenvalue weighted by Crippen LogP contribution is 2.62. The molecule has 0 spiro atoms. The van der Waals surface area contributed by atoms with Crippen molar-refractivity contribution >= 4 is 11.3 Å². The Morgan fingerprint density at radius 3 is 2.54 bits per heavy atom. The van der Waals surface area contributed by atoms with Crippen LogP contribution in [0.15, 0.2) is 11.4 Å². The van der Waals surface area contributed by atoms with E-state index < -0.39 is 11.3 Å². The van der Waals surface area contributed by atoms with Gasteiger partial charge in [0.15, 0.2) is 0 Å². The minimum absolute atomic E-state index is 0.0416. The van der Waals surface area contributed by atoms with Crippen molar-refractivity contribution in [3.05, 3.63) is 21.9 Å². The molecule has 1 aliphatic carbocycles. The SMILES string of the molecule is Cc1csc(C2(CN)CC2(F)F)c1. The molecule has 1 fully saturated rings. The predicted molar refractivity (Wildman–Crippen MR) is 49.4 cm³/mol. The van der Waals surface area contributed by atoms with Gasteiger partial charge in [-0.1, -0.05) is 0 Å². The van der Waals surface area contributed by atoms with Crippen LogP contribution < -0.4 is 5.73 Å². The third-order valence-electron chi connectivity index (χ3n) is 2.65. The third kappa shape index (κ3) is 1.12. The van der Waals surface area contributed by atoms with Crippen molar-refractivity contribution in [2.24, 2.45) is 5.73 Å². The summed E-state index contributed by atoms with van der Waals surface area (Å²) in [5.74, 6) is -2.58. The fourth-order valence-electron chi connectivity index (χ4n) is 1.61. The number of hydrogen-bond donors (Lipinski definition) is 1. The standard InChI is InChI=1S/C9H11F2NS/c1-6-2-7(13-3-6)8(5-12)4-9(8,10)11/h2-3H,4-5,12H2,1H3. The minimum atomic E-state index is -2.58. The zero-order chi connectivity index (χ0) is 9.69. The molecule has 0 aliphatic heterocycles. The van der Waals surface area contributed by atoms with Gasteiger partial charge in [0.2, 0.25) is 0 Å². The highest BCUT2D eigenvalue weighted by Gasteiger charge is 2.71. The van der Waals surface area contributed by atoms with E-state index in [-0.39, 0.29) is 13.0 Å². The Morgan fingerprint density at radius 2 is 2.23 bits per heavy atom. The quantitative estimate of drug-likeness (QED) is 0.784. The molecule has 0 bridgehead atoms. The van der Waals surface area contributed by atoms with Gasteiger partial charge in [0, 0.05) is 17.8 Å². The fourth-order valence-corrected chi connectivity index (χ4v) is 2.77. The average molecular weight is 203 g/mol. The number of aryl methyl sites for hydroxylation is 1. The maximum Gasteiger partial charge on any atom is 0.261 e. The molecule has 1 nitrogen and oxygen atoms in total. The van der Waals surface area contributed by atoms with Crippen molar-refractivity contribution in [1.29, 1.82) is 0 Å². The average Bonchev–Trinajstić information content (AvgIpc) is 2.43. The van der Waals surface area contributed by atoms with Crippen LogP contribution in [0.4, 0.5) is 8.78 Å². The molecule has 2 rings (SSSR count). The van der Waals surface area contributed by atoms with Crippen molar-refractivity contribution < 1.29 is 8.78 Å². The second kappa shape index (κ2) is 2.51. The molecule has 72 valence electrons. The van der Waals surface area contributed by atoms with Crippen molar-refractivity contribution in [3.8, 4) is 0 Å². The summed E-state index contributed by atoms with van der Waals surface area (Å²) in [5.41, 5.74) is 5.41. The molecule has 1 aliphatic rings. The summed E-state index contributed by atoms with van der Waals surface area (Å²) in [6, 6.07) is 1.82. The van der Waals surface area contributed by atoms with Gasteiger partial charge in [0.05, 0.1) is 5.41 Å². The fraction of sp³-hybridized carbons (Fsp3) is 0.556. The van der Waals surface area contributed by atoms with Gasteiger partial charge in [-0.05, 0) is 23.9 Å². The summed E-state index contributed by atoms with van der Waals surface area (Å²) in [4.78, 5) is 0.734. The molecular weight excluding hydrogens is 192 g/mol. The maximum absolute atomic E-state index is 13.1. The summed E-state index contributed by atoms with van der Waals surface area (Å²) in [6.07, 6.45) is -0.0869. The van der Waals surface area contributed by atoms with E-state index in [9.17, 15) is 8.78 Å². The van der Waals surface area contributed by atoms with Gasteiger partial charge in [-0.15, -0.1) is 11.3 Å². The molecule has 0 aromatic carbocycles. The first-order chi connectivity index (χ1) is 6.02. The van der Waals surface area contributed by atoms with E-state index in [1.807, 2.05) is 18.4 Å². The van der Waals surface area contributed by atoms with Gasteiger partial charge in [0.25, 0.3) is 5.92 Å². The summed E-state index contributed by atoms with van der Waals surface area (Å²) in [7, 11) is 0. The molecule has 1 heterocycles. The molecule has 4 heteroatoms. The molecule has 1 aromatic rings. The second-order valence-electron chi connectivity index (χ2n) is 3.66. The molecule has 0 saturated heterocycles. The lowest BCUT2D eigenvalue weighted by molar-refractivity contribution is 0.0904. The second-order valence-corrected chi connectivity index (χ2v) is 4.57. The number of nitrogens with two attached hydrogens (primary N) is 1. The van der Waals surface area contributed by atoms with E-state index in [0.717, 1.165) is 10.4 Å². The minimum Gasteiger partial charge on any atom is -0.329 e. The Kier molecular flexibility index (Phi) is 1.76. The Labute approximate surface area is 79.6 Å². The van der Waals surface area contributed by atoms with Crippen LogP contribution in [0.5, 0.6) is 0 Å². The highest BCUT2D eigenvalue weighted by atomic mass is 32.1. The third-order valence-corrected chi connectivity index (χ3v) is 3.90. The molecule has 1 unspecified atom stereocenters. The van der Waals surface area contributed by atoms with Crippen molar-refractivity contribution in [2.45, 2.75) is 24.7 Å². The van der Waals surface area contributed by atoms with Crippen molar-refractivity contribution in [3.63, 3.8) is 0 Å². The first-order valence-electron chi connectivity index (χ1n) is 4.15. The lowest BCUT2D eigenvalue weighted by atomic mass is 10.0. The largest absolute Gasteiger partial charge is 0.329 e. The lowest BCUT2D eigenvalue weighted by Gasteiger charge is -2.10. The smallest absolute Gasteiger partial charge is 0.261 e. The Hall–Kier alpha value is -0.480. The zero-order valence-corrected chi connectivity index (χ0v) is 8.13. The topological polar surface area (TPSA) is 26.0 Å². The molecule has 13 heavy (non-hydrogen) atoms. The van der Waals surface area contributed by atoms with Crippen LogP contribution in [0.3, 0.4) is 0 Å². The number of hydrogen-bond acceptors (Lipinski definition) is 2. The van der Waals surface area contributed by atoms with Gasteiger partial charge < -0.3 is 5.73 Å². The molecule has 0 amide bonds. The number of rotatable bonds is 2. The van der Waals surface area contributed by atoms with Gasteiger partial charge in [-0.2, -0.15) is 0 Å². The monoisotopic (exact) mass is 203 g/mol. The van der Waals surface area contributed by atoms with E-state index in [2.05, 4.69) is 0 Å². The van der Waals surface area contributed by atoms with Crippen LogP contribution in [-0.4, -0.2) is 12.5 Å². The maximum atomic E-state index is 13.1. The van der Waals surface area contributed by atoms with Gasteiger partial charge in [-0.3, -0.25) is 0 Å². The summed E-state index contributed by atoms with van der Waals surface area (Å²) < 4.78 is 26.1.